The van der Waals surface area contributed by atoms with Gasteiger partial charge in [-0.2, -0.15) is 0 Å². The average molecular weight is 493 g/mol. The van der Waals surface area contributed by atoms with Crippen LogP contribution in [0.15, 0.2) is 0 Å². The molecule has 6 nitrogen and oxygen atoms in total. The second-order valence-corrected chi connectivity index (χ2v) is 17.1. The lowest BCUT2D eigenvalue weighted by Crippen LogP contribution is -2.59. The predicted molar refractivity (Wildman–Crippen MR) is 132 cm³/mol. The normalized spacial score (nSPS) is 48.9. The van der Waals surface area contributed by atoms with Crippen molar-refractivity contribution in [3.63, 3.8) is 0 Å². The van der Waals surface area contributed by atoms with Crippen LogP contribution in [0.5, 0.6) is 0 Å². The van der Waals surface area contributed by atoms with E-state index in [2.05, 4.69) is 41.5 Å². The van der Waals surface area contributed by atoms with Crippen molar-refractivity contribution in [1.29, 1.82) is 0 Å². The van der Waals surface area contributed by atoms with Crippen molar-refractivity contribution in [3.8, 4) is 0 Å². The Morgan fingerprint density at radius 1 is 1.06 bits per heavy atom. The van der Waals surface area contributed by atoms with E-state index in [4.69, 9.17) is 18.9 Å². The maximum Gasteiger partial charge on any atom is 0.166 e. The van der Waals surface area contributed by atoms with Gasteiger partial charge < -0.3 is 29.2 Å². The molecule has 2 N–H and O–H groups in total. The van der Waals surface area contributed by atoms with Gasteiger partial charge in [0.1, 0.15) is 0 Å². The molecule has 2 bridgehead atoms. The van der Waals surface area contributed by atoms with Crippen LogP contribution in [0.3, 0.4) is 0 Å². The molecule has 9 unspecified atom stereocenters. The minimum Gasteiger partial charge on any atom is -0.374 e. The van der Waals surface area contributed by atoms with Crippen LogP contribution in [0.2, 0.25) is 0 Å². The summed E-state index contributed by atoms with van der Waals surface area (Å²) in [5.41, 5.74) is 0. The molecule has 0 saturated carbocycles. The van der Waals surface area contributed by atoms with Gasteiger partial charge >= 0.3 is 0 Å². The van der Waals surface area contributed by atoms with Crippen LogP contribution in [0.4, 0.5) is 0 Å². The van der Waals surface area contributed by atoms with Gasteiger partial charge in [0, 0.05) is 25.7 Å². The van der Waals surface area contributed by atoms with Gasteiger partial charge in [-0.1, -0.05) is 13.3 Å². The van der Waals surface area contributed by atoms with E-state index >= 15 is 0 Å². The van der Waals surface area contributed by atoms with Crippen LogP contribution in [0.1, 0.15) is 93.9 Å². The van der Waals surface area contributed by atoms with Crippen molar-refractivity contribution in [1.82, 2.24) is 0 Å². The number of ether oxygens (including phenoxy) is 4. The largest absolute Gasteiger partial charge is 0.374 e. The van der Waals surface area contributed by atoms with Crippen LogP contribution in [-0.2, 0) is 18.9 Å². The Morgan fingerprint density at radius 3 is 2.38 bits per heavy atom. The van der Waals surface area contributed by atoms with Gasteiger partial charge in [0.2, 0.25) is 0 Å². The van der Waals surface area contributed by atoms with Crippen molar-refractivity contribution >= 4 is 15.8 Å². The van der Waals surface area contributed by atoms with Crippen molar-refractivity contribution in [3.05, 3.63) is 0 Å². The van der Waals surface area contributed by atoms with Gasteiger partial charge in [0.25, 0.3) is 0 Å². The van der Waals surface area contributed by atoms with Gasteiger partial charge in [-0.3, -0.25) is 0 Å². The second-order valence-electron chi connectivity index (χ2n) is 11.2. The lowest BCUT2D eigenvalue weighted by atomic mass is 10.0. The standard InChI is InChI=1S/C24H46O6P2/c1-9-11-20(4,25)29-22(6)14-18(2)27-17-31(22)12-10-13-32-23(7)15-19(3)28-24(32,8)16-21(5,26)30-23/h18-19,25-26H,9-17H2,1-8H3. The van der Waals surface area contributed by atoms with Gasteiger partial charge in [-0.15, -0.1) is 0 Å². The van der Waals surface area contributed by atoms with E-state index in [0.717, 1.165) is 44.4 Å². The fourth-order valence-electron chi connectivity index (χ4n) is 6.40. The van der Waals surface area contributed by atoms with Gasteiger partial charge in [0.05, 0.1) is 34.6 Å². The third kappa shape index (κ3) is 6.05. The van der Waals surface area contributed by atoms with Gasteiger partial charge in [-0.25, -0.2) is 0 Å². The molecule has 9 atom stereocenters. The summed E-state index contributed by atoms with van der Waals surface area (Å²) in [5, 5.41) is 20.5. The summed E-state index contributed by atoms with van der Waals surface area (Å²) in [6.45, 7) is 16.4. The highest BCUT2D eigenvalue weighted by atomic mass is 31.1. The Balaban J connectivity index is 1.69. The van der Waals surface area contributed by atoms with E-state index in [1.165, 1.54) is 0 Å². The summed E-state index contributed by atoms with van der Waals surface area (Å²) in [6.07, 6.45) is 7.80. The van der Waals surface area contributed by atoms with Crippen LogP contribution in [0, 0.1) is 0 Å². The van der Waals surface area contributed by atoms with Crippen LogP contribution < -0.4 is 0 Å². The Labute approximate surface area is 197 Å². The zero-order valence-electron chi connectivity index (χ0n) is 21.4. The molecule has 188 valence electrons. The molecular weight excluding hydrogens is 446 g/mol. The van der Waals surface area contributed by atoms with Crippen molar-refractivity contribution in [2.24, 2.45) is 0 Å². The van der Waals surface area contributed by atoms with Crippen LogP contribution in [-0.4, -0.2) is 68.7 Å². The Bertz CT molecular complexity index is 636. The Hall–Kier alpha value is 0.620. The summed E-state index contributed by atoms with van der Waals surface area (Å²) in [6, 6.07) is 0. The van der Waals surface area contributed by atoms with Gasteiger partial charge in [-0.05, 0) is 83.1 Å². The fraction of sp³-hybridized carbons (Fsp3) is 1.00. The van der Waals surface area contributed by atoms with Crippen molar-refractivity contribution in [2.45, 2.75) is 134 Å². The summed E-state index contributed by atoms with van der Waals surface area (Å²) < 4.78 is 25.2. The molecular formula is C24H46O6P2. The lowest BCUT2D eigenvalue weighted by molar-refractivity contribution is -0.285. The molecule has 3 rings (SSSR count). The van der Waals surface area contributed by atoms with E-state index in [0.29, 0.717) is 12.8 Å². The van der Waals surface area contributed by atoms with Crippen molar-refractivity contribution < 1.29 is 29.2 Å². The number of rotatable bonds is 8. The summed E-state index contributed by atoms with van der Waals surface area (Å²) in [4.78, 5) is 0. The van der Waals surface area contributed by atoms with Crippen LogP contribution >= 0.6 is 15.8 Å². The van der Waals surface area contributed by atoms with Crippen LogP contribution in [0.25, 0.3) is 0 Å². The topological polar surface area (TPSA) is 77.4 Å². The molecule has 0 aromatic carbocycles. The minimum atomic E-state index is -1.14. The lowest BCUT2D eigenvalue weighted by Gasteiger charge is -2.61. The first-order valence-electron chi connectivity index (χ1n) is 12.3. The zero-order valence-corrected chi connectivity index (χ0v) is 23.2. The molecule has 0 aliphatic carbocycles. The molecule has 8 heteroatoms. The summed E-state index contributed by atoms with van der Waals surface area (Å²) >= 11 is 0. The summed E-state index contributed by atoms with van der Waals surface area (Å²) in [7, 11) is -1.13. The third-order valence-corrected chi connectivity index (χ3v) is 13.7. The van der Waals surface area contributed by atoms with E-state index in [-0.39, 0.29) is 28.2 Å². The SMILES string of the molecule is CCCC(C)(O)OC1(C)CC(C)OCP1CCCP1C2(C)CC(C)(O)OC1(C)CC(C)O2. The second kappa shape index (κ2) is 9.58. The smallest absolute Gasteiger partial charge is 0.166 e. The molecule has 32 heavy (non-hydrogen) atoms. The molecule has 3 fully saturated rings. The first kappa shape index (κ1) is 27.2. The fourth-order valence-corrected chi connectivity index (χ4v) is 13.3. The monoisotopic (exact) mass is 492 g/mol. The quantitative estimate of drug-likeness (QED) is 0.334. The molecule has 0 amide bonds. The molecule has 3 heterocycles. The number of hydrogen-bond donors (Lipinski definition) is 2. The maximum absolute atomic E-state index is 10.8. The highest BCUT2D eigenvalue weighted by Gasteiger charge is 2.60. The molecule has 3 saturated heterocycles. The first-order chi connectivity index (χ1) is 14.6. The Kier molecular flexibility index (Phi) is 8.15. The highest BCUT2D eigenvalue weighted by Crippen LogP contribution is 2.71. The molecule has 0 radical (unpaired) electrons. The maximum atomic E-state index is 10.8. The van der Waals surface area contributed by atoms with Crippen molar-refractivity contribution in [2.75, 3.05) is 18.7 Å². The van der Waals surface area contributed by atoms with E-state index in [1.807, 2.05) is 0 Å². The van der Waals surface area contributed by atoms with E-state index < -0.39 is 27.4 Å². The van der Waals surface area contributed by atoms with Gasteiger partial charge in [0.15, 0.2) is 11.6 Å². The number of hydrogen-bond acceptors (Lipinski definition) is 6. The highest BCUT2D eigenvalue weighted by molar-refractivity contribution is 7.61. The summed E-state index contributed by atoms with van der Waals surface area (Å²) in [5.74, 6) is -2.24. The number of fused-ring (bicyclic) bond motifs is 2. The first-order valence-corrected chi connectivity index (χ1v) is 15.5. The molecule has 0 aromatic rings. The van der Waals surface area contributed by atoms with E-state index in [9.17, 15) is 10.2 Å². The van der Waals surface area contributed by atoms with E-state index in [1.54, 1.807) is 13.8 Å². The zero-order chi connectivity index (χ0) is 24.0. The third-order valence-electron chi connectivity index (χ3n) is 7.17. The number of aliphatic hydroxyl groups is 2. The molecule has 3 aliphatic heterocycles. The average Bonchev–Trinajstić information content (AvgIpc) is 2.55. The minimum absolute atomic E-state index is 0.134. The Morgan fingerprint density at radius 2 is 1.75 bits per heavy atom. The molecule has 3 aliphatic rings. The molecule has 0 aromatic heterocycles. The predicted octanol–water partition coefficient (Wildman–Crippen LogP) is 5.72. The molecule has 0 spiro atoms.